The molecule has 2 amide bonds. The summed E-state index contributed by atoms with van der Waals surface area (Å²) in [5, 5.41) is 0. The summed E-state index contributed by atoms with van der Waals surface area (Å²) in [6.07, 6.45) is 25.8. The second kappa shape index (κ2) is 19.3. The number of hydrogen-bond donors (Lipinski definition) is 0. The summed E-state index contributed by atoms with van der Waals surface area (Å²) in [6, 6.07) is 8.88. The molecule has 5 fully saturated rings. The number of benzene rings is 1. The number of aryl methyl sites for hydroxylation is 1. The molecule has 0 radical (unpaired) electrons. The Kier molecular flexibility index (Phi) is 14.3. The second-order valence-corrected chi connectivity index (χ2v) is 15.9. The molecule has 50 heavy (non-hydrogen) atoms. The molecule has 0 spiro atoms. The van der Waals surface area contributed by atoms with E-state index in [-0.39, 0.29) is 11.7 Å². The highest BCUT2D eigenvalue weighted by Gasteiger charge is 2.28. The molecule has 0 atom stereocenters. The Morgan fingerprint density at radius 3 is 1.66 bits per heavy atom. The van der Waals surface area contributed by atoms with E-state index in [0.717, 1.165) is 88.7 Å². The first kappa shape index (κ1) is 37.1. The van der Waals surface area contributed by atoms with Crippen LogP contribution < -0.4 is 5.76 Å². The van der Waals surface area contributed by atoms with Gasteiger partial charge in [-0.1, -0.05) is 95.6 Å². The number of rotatable bonds is 10. The quantitative estimate of drug-likeness (QED) is 0.248. The van der Waals surface area contributed by atoms with Crippen molar-refractivity contribution < 1.29 is 14.0 Å². The highest BCUT2D eigenvalue weighted by atomic mass is 16.4. The molecule has 1 aromatic carbocycles. The van der Waals surface area contributed by atoms with E-state index >= 15 is 0 Å². The smallest absolute Gasteiger partial charge is 0.408 e. The third-order valence-corrected chi connectivity index (χ3v) is 12.6. The molecule has 0 N–H and O–H groups in total. The summed E-state index contributed by atoms with van der Waals surface area (Å²) < 4.78 is 6.79. The molecular formula is C41H65N5O4. The van der Waals surface area contributed by atoms with Gasteiger partial charge in [-0.2, -0.15) is 0 Å². The van der Waals surface area contributed by atoms with Crippen LogP contribution in [0.4, 0.5) is 0 Å². The molecule has 2 saturated heterocycles. The third-order valence-electron chi connectivity index (χ3n) is 12.6. The summed E-state index contributed by atoms with van der Waals surface area (Å²) in [6.45, 7) is 8.09. The van der Waals surface area contributed by atoms with Gasteiger partial charge in [-0.05, 0) is 50.2 Å². The molecule has 0 bridgehead atoms. The lowest BCUT2D eigenvalue weighted by atomic mass is 9.85. The van der Waals surface area contributed by atoms with Crippen LogP contribution in [0.2, 0.25) is 0 Å². The molecule has 3 heterocycles. The van der Waals surface area contributed by atoms with E-state index in [1.54, 1.807) is 10.6 Å². The Balaban J connectivity index is 0.000000174. The van der Waals surface area contributed by atoms with E-state index in [4.69, 9.17) is 4.42 Å². The van der Waals surface area contributed by atoms with Crippen molar-refractivity contribution in [1.29, 1.82) is 0 Å². The lowest BCUT2D eigenvalue weighted by molar-refractivity contribution is -0.134. The van der Waals surface area contributed by atoms with Crippen LogP contribution in [0.3, 0.4) is 0 Å². The Bertz CT molecular complexity index is 1370. The van der Waals surface area contributed by atoms with Crippen molar-refractivity contribution >= 4 is 22.9 Å². The number of amides is 2. The predicted molar refractivity (Wildman–Crippen MR) is 200 cm³/mol. The zero-order valence-corrected chi connectivity index (χ0v) is 30.9. The summed E-state index contributed by atoms with van der Waals surface area (Å²) in [4.78, 5) is 46.3. The number of unbranched alkanes of at least 4 members (excludes halogenated alkanes) is 1. The van der Waals surface area contributed by atoms with Crippen molar-refractivity contribution in [2.45, 2.75) is 147 Å². The fraction of sp³-hybridized carbons (Fsp3) is 0.780. The predicted octanol–water partition coefficient (Wildman–Crippen LogP) is 7.07. The molecule has 1 aromatic heterocycles. The molecule has 9 heteroatoms. The van der Waals surface area contributed by atoms with Crippen LogP contribution in [0.15, 0.2) is 33.5 Å². The number of hydrogen-bond acceptors (Lipinski definition) is 6. The van der Waals surface area contributed by atoms with Crippen LogP contribution >= 0.6 is 0 Å². The number of carbonyl (C=O) groups excluding carboxylic acids is 2. The van der Waals surface area contributed by atoms with Crippen LogP contribution in [0.25, 0.3) is 11.1 Å². The van der Waals surface area contributed by atoms with Crippen molar-refractivity contribution in [3.63, 3.8) is 0 Å². The normalized spacial score (nSPS) is 22.4. The van der Waals surface area contributed by atoms with Crippen molar-refractivity contribution in [1.82, 2.24) is 24.2 Å². The molecule has 2 aliphatic heterocycles. The number of oxazole rings is 1. The Morgan fingerprint density at radius 1 is 0.600 bits per heavy atom. The minimum absolute atomic E-state index is 0.130. The van der Waals surface area contributed by atoms with E-state index in [0.29, 0.717) is 24.5 Å². The minimum Gasteiger partial charge on any atom is -0.408 e. The Morgan fingerprint density at radius 2 is 1.10 bits per heavy atom. The fourth-order valence-corrected chi connectivity index (χ4v) is 9.50. The van der Waals surface area contributed by atoms with Gasteiger partial charge in [0.2, 0.25) is 11.8 Å². The van der Waals surface area contributed by atoms with Crippen molar-refractivity contribution in [2.75, 3.05) is 52.4 Å². The van der Waals surface area contributed by atoms with Crippen LogP contribution in [-0.2, 0) is 16.1 Å². The number of fused-ring (bicyclic) bond motifs is 1. The van der Waals surface area contributed by atoms with E-state index < -0.39 is 0 Å². The topological polar surface area (TPSA) is 82.2 Å². The monoisotopic (exact) mass is 692 g/mol. The van der Waals surface area contributed by atoms with Crippen molar-refractivity contribution in [3.05, 3.63) is 34.8 Å². The summed E-state index contributed by atoms with van der Waals surface area (Å²) in [5.74, 6) is 1.13. The van der Waals surface area contributed by atoms with Gasteiger partial charge >= 0.3 is 5.76 Å². The second-order valence-electron chi connectivity index (χ2n) is 15.9. The van der Waals surface area contributed by atoms with Gasteiger partial charge in [0.05, 0.1) is 5.52 Å². The highest BCUT2D eigenvalue weighted by Crippen LogP contribution is 2.28. The number of aromatic nitrogens is 1. The van der Waals surface area contributed by atoms with Crippen molar-refractivity contribution in [2.24, 2.45) is 5.92 Å². The minimum atomic E-state index is -0.388. The van der Waals surface area contributed by atoms with Gasteiger partial charge in [0.15, 0.2) is 5.58 Å². The van der Waals surface area contributed by atoms with E-state index in [1.165, 1.54) is 109 Å². The molecule has 3 saturated carbocycles. The Hall–Kier alpha value is -2.65. The number of nitrogens with zero attached hydrogens (tertiary/aromatic N) is 5. The summed E-state index contributed by atoms with van der Waals surface area (Å²) in [5.41, 5.74) is 1.33. The van der Waals surface area contributed by atoms with Gasteiger partial charge in [-0.15, -0.1) is 0 Å². The summed E-state index contributed by atoms with van der Waals surface area (Å²) >= 11 is 0. The van der Waals surface area contributed by atoms with Crippen LogP contribution in [0.5, 0.6) is 0 Å². The molecule has 7 rings (SSSR count). The zero-order chi connectivity index (χ0) is 34.5. The molecular weight excluding hydrogens is 626 g/mol. The molecule has 5 aliphatic rings. The number of piperazine rings is 2. The van der Waals surface area contributed by atoms with Gasteiger partial charge in [-0.25, -0.2) is 4.79 Å². The standard InChI is InChI=1S/C21H38N2O.C20H27N3O3/c24-21(14-8-7-11-19-9-3-1-4-10-19)23-17-15-22(16-18-23)20-12-5-2-6-13-20;24-19(10-11-23-17-8-4-5-9-18(17)26-20(23)25)22-14-12-21(13-15-22)16-6-2-1-3-7-16/h19-20H,1-18H2;4-5,8-9,16H,1-3,6-7,10-15H2. The average molecular weight is 692 g/mol. The van der Waals surface area contributed by atoms with Crippen molar-refractivity contribution in [3.8, 4) is 0 Å². The molecule has 2 aromatic rings. The molecule has 9 nitrogen and oxygen atoms in total. The van der Waals surface area contributed by atoms with Gasteiger partial charge in [-0.3, -0.25) is 24.0 Å². The molecule has 278 valence electrons. The average Bonchev–Trinajstić information content (AvgIpc) is 3.51. The van der Waals surface area contributed by atoms with Gasteiger partial charge in [0, 0.05) is 83.8 Å². The number of para-hydroxylation sites is 2. The first-order valence-electron chi connectivity index (χ1n) is 20.7. The SMILES string of the molecule is O=C(CCCCC1CCCCC1)N1CCN(C2CCCCC2)CC1.O=C(CCn1c(=O)oc2ccccc21)N1CCN(C2CCCCC2)CC1. The zero-order valence-electron chi connectivity index (χ0n) is 30.9. The molecule has 0 unspecified atom stereocenters. The van der Waals surface area contributed by atoms with Gasteiger partial charge < -0.3 is 14.2 Å². The van der Waals surface area contributed by atoms with E-state index in [9.17, 15) is 14.4 Å². The Labute approximate surface area is 300 Å². The largest absolute Gasteiger partial charge is 0.419 e. The van der Waals surface area contributed by atoms with Crippen LogP contribution in [-0.4, -0.2) is 100 Å². The van der Waals surface area contributed by atoms with Crippen LogP contribution in [0.1, 0.15) is 128 Å². The maximum atomic E-state index is 12.6. The lowest BCUT2D eigenvalue weighted by Crippen LogP contribution is -2.52. The van der Waals surface area contributed by atoms with E-state index in [1.807, 2.05) is 23.1 Å². The van der Waals surface area contributed by atoms with Gasteiger partial charge in [0.25, 0.3) is 0 Å². The first-order valence-corrected chi connectivity index (χ1v) is 20.7. The lowest BCUT2D eigenvalue weighted by Gasteiger charge is -2.40. The maximum absolute atomic E-state index is 12.6. The third kappa shape index (κ3) is 10.5. The summed E-state index contributed by atoms with van der Waals surface area (Å²) in [7, 11) is 0. The first-order chi connectivity index (χ1) is 24.5. The van der Waals surface area contributed by atoms with Crippen LogP contribution in [0, 0.1) is 5.92 Å². The molecule has 3 aliphatic carbocycles. The fourth-order valence-electron chi connectivity index (χ4n) is 9.50. The number of carbonyl (C=O) groups is 2. The van der Waals surface area contributed by atoms with Gasteiger partial charge in [0.1, 0.15) is 0 Å². The highest BCUT2D eigenvalue weighted by molar-refractivity contribution is 5.77. The van der Waals surface area contributed by atoms with E-state index in [2.05, 4.69) is 14.7 Å². The maximum Gasteiger partial charge on any atom is 0.419 e.